The molecule has 5 aliphatic rings. The molecule has 4 saturated heterocycles. The minimum atomic E-state index is -0.920. The molecule has 5 heterocycles. The number of benzene rings is 2. The lowest BCUT2D eigenvalue weighted by Gasteiger charge is -2.47. The number of rotatable bonds is 8. The molecule has 51 heavy (non-hydrogen) atoms. The van der Waals surface area contributed by atoms with Gasteiger partial charge < -0.3 is 19.3 Å². The Labute approximate surface area is 302 Å². The molecule has 1 N–H and O–H groups in total. The van der Waals surface area contributed by atoms with Crippen molar-refractivity contribution >= 4 is 41.5 Å². The largest absolute Gasteiger partial charge is 0.488 e. The molecule has 2 aromatic carbocycles. The molecule has 7 rings (SSSR count). The molecule has 0 saturated carbocycles. The topological polar surface area (TPSA) is 115 Å². The Kier molecular flexibility index (Phi) is 10.2. The molecule has 1 unspecified atom stereocenters. The number of nitrogens with one attached hydrogen (secondary N) is 1. The van der Waals surface area contributed by atoms with Gasteiger partial charge in [-0.15, -0.1) is 5.12 Å². The Bertz CT molecular complexity index is 1650. The summed E-state index contributed by atoms with van der Waals surface area (Å²) >= 11 is 1.63. The van der Waals surface area contributed by atoms with Gasteiger partial charge in [-0.2, -0.15) is 0 Å². The van der Waals surface area contributed by atoms with Crippen molar-refractivity contribution in [3.63, 3.8) is 0 Å². The minimum Gasteiger partial charge on any atom is -0.488 e. The van der Waals surface area contributed by atoms with Crippen LogP contribution in [0.5, 0.6) is 5.75 Å². The Balaban J connectivity index is 0.833. The molecular formula is C37H47FN6O6S. The Hall–Kier alpha value is -3.88. The van der Waals surface area contributed by atoms with Gasteiger partial charge in [-0.1, -0.05) is 10.5 Å². The van der Waals surface area contributed by atoms with E-state index in [9.17, 15) is 23.7 Å². The van der Waals surface area contributed by atoms with E-state index in [1.54, 1.807) is 37.6 Å². The third kappa shape index (κ3) is 8.12. The summed E-state index contributed by atoms with van der Waals surface area (Å²) in [5.41, 5.74) is 1.94. The number of anilines is 1. The smallest absolute Gasteiger partial charge is 0.438 e. The fourth-order valence-corrected chi connectivity index (χ4v) is 8.65. The van der Waals surface area contributed by atoms with Gasteiger partial charge in [0.1, 0.15) is 23.5 Å². The third-order valence-corrected chi connectivity index (χ3v) is 11.5. The molecular weight excluding hydrogens is 676 g/mol. The van der Waals surface area contributed by atoms with Crippen LogP contribution >= 0.6 is 11.9 Å². The van der Waals surface area contributed by atoms with E-state index in [0.717, 1.165) is 60.9 Å². The minimum absolute atomic E-state index is 0.143. The zero-order chi connectivity index (χ0) is 35.9. The van der Waals surface area contributed by atoms with Gasteiger partial charge in [0.15, 0.2) is 0 Å². The number of carbonyl (C=O) groups is 4. The Morgan fingerprint density at radius 2 is 1.71 bits per heavy atom. The highest BCUT2D eigenvalue weighted by molar-refractivity contribution is 7.97. The molecule has 12 nitrogen and oxygen atoms in total. The fourth-order valence-electron chi connectivity index (χ4n) is 7.65. The van der Waals surface area contributed by atoms with Crippen molar-refractivity contribution < 1.29 is 33.1 Å². The Morgan fingerprint density at radius 1 is 0.961 bits per heavy atom. The van der Waals surface area contributed by atoms with E-state index in [1.165, 1.54) is 0 Å². The number of amides is 4. The van der Waals surface area contributed by atoms with Crippen molar-refractivity contribution in [3.05, 3.63) is 53.6 Å². The summed E-state index contributed by atoms with van der Waals surface area (Å²) < 4.78 is 28.4. The second kappa shape index (κ2) is 14.6. The molecule has 4 amide bonds. The molecule has 0 aromatic heterocycles. The zero-order valence-corrected chi connectivity index (χ0v) is 30.3. The van der Waals surface area contributed by atoms with Crippen molar-refractivity contribution in [2.24, 2.45) is 0 Å². The molecule has 14 heteroatoms. The second-order valence-electron chi connectivity index (χ2n) is 15.2. The highest BCUT2D eigenvalue weighted by atomic mass is 32.2. The second-order valence-corrected chi connectivity index (χ2v) is 16.3. The summed E-state index contributed by atoms with van der Waals surface area (Å²) in [6.07, 6.45) is 3.00. The van der Waals surface area contributed by atoms with Gasteiger partial charge in [0, 0.05) is 74.4 Å². The van der Waals surface area contributed by atoms with Crippen LogP contribution in [0.2, 0.25) is 0 Å². The van der Waals surface area contributed by atoms with Crippen LogP contribution in [0.3, 0.4) is 0 Å². The average molecular weight is 723 g/mol. The molecule has 274 valence electrons. The molecule has 0 spiro atoms. The summed E-state index contributed by atoms with van der Waals surface area (Å²) in [4.78, 5) is 56.8. The van der Waals surface area contributed by atoms with E-state index in [4.69, 9.17) is 9.47 Å². The summed E-state index contributed by atoms with van der Waals surface area (Å²) in [5, 5.41) is 2.62. The molecule has 2 aromatic rings. The maximum Gasteiger partial charge on any atom is 0.438 e. The van der Waals surface area contributed by atoms with Gasteiger partial charge in [0.2, 0.25) is 11.8 Å². The van der Waals surface area contributed by atoms with Crippen LogP contribution in [0.1, 0.15) is 75.2 Å². The van der Waals surface area contributed by atoms with Crippen LogP contribution in [-0.2, 0) is 20.9 Å². The molecule has 0 bridgehead atoms. The van der Waals surface area contributed by atoms with Crippen LogP contribution < -0.4 is 15.0 Å². The Morgan fingerprint density at radius 3 is 2.41 bits per heavy atom. The quantitative estimate of drug-likeness (QED) is 0.232. The number of hydrogen-bond acceptors (Lipinski definition) is 10. The van der Waals surface area contributed by atoms with E-state index in [2.05, 4.69) is 37.6 Å². The lowest BCUT2D eigenvalue weighted by molar-refractivity contribution is -0.136. The number of imide groups is 1. The monoisotopic (exact) mass is 722 g/mol. The van der Waals surface area contributed by atoms with Crippen LogP contribution in [-0.4, -0.2) is 112 Å². The SMILES string of the molecule is CC(C)(C)OC(=O)N(F)C1CCN(Sc2cccc(OC3CN(C4CCN(c5ccc6c(c5)CN(C5CCC(=O)NC5=O)C6=O)CC4)C3)c2)CC1. The lowest BCUT2D eigenvalue weighted by atomic mass is 9.97. The van der Waals surface area contributed by atoms with E-state index >= 15 is 0 Å². The number of hydrogen-bond donors (Lipinski definition) is 1. The molecule has 1 atom stereocenters. The number of ether oxygens (including phenoxy) is 2. The fraction of sp³-hybridized carbons (Fsp3) is 0.568. The molecule has 4 fully saturated rings. The van der Waals surface area contributed by atoms with Gasteiger partial charge in [0.25, 0.3) is 5.91 Å². The third-order valence-electron chi connectivity index (χ3n) is 10.4. The number of piperidine rings is 3. The number of nitrogens with zero attached hydrogens (tertiary/aromatic N) is 5. The number of fused-ring (bicyclic) bond motifs is 1. The molecule has 5 aliphatic heterocycles. The molecule has 0 aliphatic carbocycles. The molecule has 0 radical (unpaired) electrons. The standard InChI is InChI=1S/C37H47FN6O6S/c1-37(2,3)50-36(48)44(38)26-13-17-42(18-14-26)51-30-6-4-5-28(20-30)49-29-22-41(23-29)25-11-15-40(16-12-25)27-7-8-31-24(19-27)21-43(35(31)47)32-9-10-33(45)39-34(32)46/h4-8,19-20,25-26,29,32H,9-18,21-23H2,1-3H3,(H,39,45,46). The normalized spacial score (nSPS) is 22.8. The van der Waals surface area contributed by atoms with Crippen molar-refractivity contribution in [2.45, 2.75) is 101 Å². The average Bonchev–Trinajstić information content (AvgIpc) is 3.40. The van der Waals surface area contributed by atoms with Crippen molar-refractivity contribution in [1.82, 2.24) is 24.5 Å². The van der Waals surface area contributed by atoms with Gasteiger partial charge in [-0.25, -0.2) is 9.10 Å². The summed E-state index contributed by atoms with van der Waals surface area (Å²) in [6, 6.07) is 13.5. The highest BCUT2D eigenvalue weighted by Gasteiger charge is 2.40. The van der Waals surface area contributed by atoms with Crippen molar-refractivity contribution in [2.75, 3.05) is 44.2 Å². The van der Waals surface area contributed by atoms with Crippen LogP contribution in [0.15, 0.2) is 47.4 Å². The van der Waals surface area contributed by atoms with Gasteiger partial charge in [0.05, 0.1) is 6.04 Å². The predicted molar refractivity (Wildman–Crippen MR) is 190 cm³/mol. The van der Waals surface area contributed by atoms with E-state index in [-0.39, 0.29) is 35.4 Å². The van der Waals surface area contributed by atoms with E-state index < -0.39 is 23.8 Å². The number of likely N-dealkylation sites (tertiary alicyclic amines) is 1. The summed E-state index contributed by atoms with van der Waals surface area (Å²) in [6.45, 7) is 10.5. The summed E-state index contributed by atoms with van der Waals surface area (Å²) in [7, 11) is 0. The van der Waals surface area contributed by atoms with Gasteiger partial charge >= 0.3 is 6.09 Å². The van der Waals surface area contributed by atoms with Gasteiger partial charge in [-0.3, -0.25) is 24.6 Å². The number of halogens is 1. The number of carbonyl (C=O) groups excluding carboxylic acids is 4. The highest BCUT2D eigenvalue weighted by Crippen LogP contribution is 2.34. The first-order chi connectivity index (χ1) is 24.4. The van der Waals surface area contributed by atoms with Crippen LogP contribution in [0.4, 0.5) is 15.0 Å². The van der Waals surface area contributed by atoms with Crippen molar-refractivity contribution in [1.29, 1.82) is 0 Å². The maximum atomic E-state index is 14.6. The predicted octanol–water partition coefficient (Wildman–Crippen LogP) is 4.77. The van der Waals surface area contributed by atoms with Crippen LogP contribution in [0.25, 0.3) is 0 Å². The van der Waals surface area contributed by atoms with Gasteiger partial charge in [-0.05, 0) is 107 Å². The first-order valence-corrected chi connectivity index (χ1v) is 18.8. The van der Waals surface area contributed by atoms with Crippen molar-refractivity contribution in [3.8, 4) is 5.75 Å². The van der Waals surface area contributed by atoms with E-state index in [0.29, 0.717) is 50.5 Å². The van der Waals surface area contributed by atoms with Crippen LogP contribution in [0, 0.1) is 0 Å². The summed E-state index contributed by atoms with van der Waals surface area (Å²) in [5.74, 6) is 0.0321. The van der Waals surface area contributed by atoms with E-state index in [1.807, 2.05) is 24.3 Å². The zero-order valence-electron chi connectivity index (χ0n) is 29.5. The lowest BCUT2D eigenvalue weighted by Crippen LogP contribution is -2.59. The first kappa shape index (κ1) is 35.5. The maximum absolute atomic E-state index is 14.6. The first-order valence-electron chi connectivity index (χ1n) is 18.0.